The van der Waals surface area contributed by atoms with Gasteiger partial charge >= 0.3 is 6.03 Å². The van der Waals surface area contributed by atoms with Crippen LogP contribution in [0.4, 0.5) is 10.5 Å². The van der Waals surface area contributed by atoms with Crippen LogP contribution in [0, 0.1) is 13.8 Å². The summed E-state index contributed by atoms with van der Waals surface area (Å²) in [4.78, 5) is 39.6. The number of anilines is 1. The number of benzene rings is 4. The lowest BCUT2D eigenvalue weighted by atomic mass is 9.99. The molecule has 1 saturated heterocycles. The van der Waals surface area contributed by atoms with E-state index >= 15 is 0 Å². The third-order valence-electron chi connectivity index (χ3n) is 6.51. The maximum absolute atomic E-state index is 13.3. The van der Waals surface area contributed by atoms with E-state index in [1.54, 1.807) is 24.3 Å². The Morgan fingerprint density at radius 1 is 0.825 bits per heavy atom. The van der Waals surface area contributed by atoms with Gasteiger partial charge in [0.15, 0.2) is 0 Å². The Morgan fingerprint density at radius 3 is 2.20 bits per heavy atom. The van der Waals surface area contributed by atoms with Gasteiger partial charge in [0.2, 0.25) is 0 Å². The first-order chi connectivity index (χ1) is 19.3. The van der Waals surface area contributed by atoms with Crippen molar-refractivity contribution in [3.8, 4) is 5.75 Å². The van der Waals surface area contributed by atoms with Crippen LogP contribution in [0.5, 0.6) is 5.75 Å². The minimum Gasteiger partial charge on any atom is -0.489 e. The molecule has 0 spiro atoms. The van der Waals surface area contributed by atoms with Gasteiger partial charge in [-0.3, -0.25) is 14.9 Å². The number of nitrogens with zero attached hydrogens (tertiary/aromatic N) is 1. The molecule has 1 N–H and O–H groups in total. The Balaban J connectivity index is 1.33. The molecule has 4 aromatic carbocycles. The van der Waals surface area contributed by atoms with Crippen molar-refractivity contribution in [3.05, 3.63) is 134 Å². The van der Waals surface area contributed by atoms with Gasteiger partial charge in [0.25, 0.3) is 11.8 Å². The maximum Gasteiger partial charge on any atom is 0.335 e. The van der Waals surface area contributed by atoms with E-state index in [0.29, 0.717) is 23.6 Å². The van der Waals surface area contributed by atoms with Crippen LogP contribution in [0.1, 0.15) is 33.4 Å². The van der Waals surface area contributed by atoms with Crippen molar-refractivity contribution in [2.75, 3.05) is 4.90 Å². The summed E-state index contributed by atoms with van der Waals surface area (Å²) >= 11 is 3.64. The maximum atomic E-state index is 13.3. The summed E-state index contributed by atoms with van der Waals surface area (Å²) in [6, 6.07) is 27.7. The van der Waals surface area contributed by atoms with Crippen LogP contribution in [0.15, 0.2) is 101 Å². The predicted molar refractivity (Wildman–Crippen MR) is 159 cm³/mol. The van der Waals surface area contributed by atoms with Crippen LogP contribution in [0.3, 0.4) is 0 Å². The average Bonchev–Trinajstić information content (AvgIpc) is 2.92. The second kappa shape index (κ2) is 11.7. The second-order valence-corrected chi connectivity index (χ2v) is 10.6. The first kappa shape index (κ1) is 27.1. The number of barbiturate groups is 1. The predicted octanol–water partition coefficient (Wildman–Crippen LogP) is 6.90. The van der Waals surface area contributed by atoms with Crippen molar-refractivity contribution in [2.24, 2.45) is 0 Å². The van der Waals surface area contributed by atoms with E-state index in [2.05, 4.69) is 53.3 Å². The van der Waals surface area contributed by atoms with Gasteiger partial charge in [-0.25, -0.2) is 9.69 Å². The summed E-state index contributed by atoms with van der Waals surface area (Å²) in [5.41, 5.74) is 6.60. The van der Waals surface area contributed by atoms with E-state index in [-0.39, 0.29) is 5.57 Å². The Morgan fingerprint density at radius 2 is 1.52 bits per heavy atom. The molecule has 0 saturated carbocycles. The molecule has 1 heterocycles. The zero-order valence-electron chi connectivity index (χ0n) is 22.1. The number of carbonyl (C=O) groups is 3. The van der Waals surface area contributed by atoms with Gasteiger partial charge in [-0.05, 0) is 78.9 Å². The monoisotopic (exact) mass is 594 g/mol. The Kier molecular flexibility index (Phi) is 7.94. The molecular weight excluding hydrogens is 568 g/mol. The van der Waals surface area contributed by atoms with Crippen molar-refractivity contribution >= 4 is 45.5 Å². The molecule has 5 rings (SSSR count). The van der Waals surface area contributed by atoms with Crippen molar-refractivity contribution in [2.45, 2.75) is 26.9 Å². The lowest BCUT2D eigenvalue weighted by Crippen LogP contribution is -2.54. The Labute approximate surface area is 241 Å². The highest BCUT2D eigenvalue weighted by atomic mass is 79.9. The van der Waals surface area contributed by atoms with E-state index in [4.69, 9.17) is 4.74 Å². The number of carbonyl (C=O) groups excluding carboxylic acids is 3. The largest absolute Gasteiger partial charge is 0.489 e. The molecule has 4 aromatic rings. The molecule has 1 fully saturated rings. The zero-order chi connectivity index (χ0) is 28.2. The van der Waals surface area contributed by atoms with E-state index in [1.165, 1.54) is 22.8 Å². The standard InChI is InChI=1S/C33H27BrN2O4/c1-21-14-22(2)16-25(15-21)17-26-9-8-24(19-30(26)34)18-29-31(37)35-33(39)36(32(29)38)27-10-12-28(13-11-27)40-20-23-6-4-3-5-7-23/h3-16,18-19H,17,20H2,1-2H3,(H,35,37,39)/b29-18+. The summed E-state index contributed by atoms with van der Waals surface area (Å²) in [6.07, 6.45) is 2.24. The number of aryl methyl sites for hydroxylation is 2. The molecule has 40 heavy (non-hydrogen) atoms. The summed E-state index contributed by atoms with van der Waals surface area (Å²) in [5.74, 6) is -0.832. The zero-order valence-corrected chi connectivity index (χ0v) is 23.7. The van der Waals surface area contributed by atoms with Gasteiger partial charge in [0, 0.05) is 4.47 Å². The van der Waals surface area contributed by atoms with Gasteiger partial charge in [-0.15, -0.1) is 0 Å². The first-order valence-electron chi connectivity index (χ1n) is 12.8. The first-order valence-corrected chi connectivity index (χ1v) is 13.6. The highest BCUT2D eigenvalue weighted by Crippen LogP contribution is 2.27. The van der Waals surface area contributed by atoms with Crippen molar-refractivity contribution < 1.29 is 19.1 Å². The highest BCUT2D eigenvalue weighted by molar-refractivity contribution is 9.10. The number of urea groups is 1. The third kappa shape index (κ3) is 6.21. The van der Waals surface area contributed by atoms with Crippen LogP contribution in [0.2, 0.25) is 0 Å². The van der Waals surface area contributed by atoms with Crippen molar-refractivity contribution in [1.29, 1.82) is 0 Å². The Bertz CT molecular complexity index is 1610. The molecule has 0 atom stereocenters. The molecule has 0 aliphatic carbocycles. The van der Waals surface area contributed by atoms with Gasteiger partial charge in [-0.2, -0.15) is 0 Å². The normalized spacial score (nSPS) is 14.4. The van der Waals surface area contributed by atoms with Gasteiger partial charge in [-0.1, -0.05) is 87.7 Å². The van der Waals surface area contributed by atoms with Gasteiger partial charge < -0.3 is 4.74 Å². The molecule has 7 heteroatoms. The van der Waals surface area contributed by atoms with Crippen molar-refractivity contribution in [1.82, 2.24) is 5.32 Å². The second-order valence-electron chi connectivity index (χ2n) is 9.75. The number of imide groups is 2. The molecule has 0 unspecified atom stereocenters. The molecular formula is C33H27BrN2O4. The smallest absolute Gasteiger partial charge is 0.335 e. The quantitative estimate of drug-likeness (QED) is 0.186. The van der Waals surface area contributed by atoms with Gasteiger partial charge in [0.1, 0.15) is 17.9 Å². The Hall–Kier alpha value is -4.49. The fraction of sp³-hybridized carbons (Fsp3) is 0.121. The summed E-state index contributed by atoms with van der Waals surface area (Å²) in [6.45, 7) is 4.55. The van der Waals surface area contributed by atoms with E-state index in [9.17, 15) is 14.4 Å². The number of amides is 4. The van der Waals surface area contributed by atoms with Crippen LogP contribution >= 0.6 is 15.9 Å². The molecule has 200 valence electrons. The van der Waals surface area contributed by atoms with E-state index < -0.39 is 17.8 Å². The number of ether oxygens (including phenoxy) is 1. The van der Waals surface area contributed by atoms with Crippen LogP contribution in [-0.4, -0.2) is 17.8 Å². The molecule has 0 bridgehead atoms. The number of rotatable bonds is 7. The molecule has 6 nitrogen and oxygen atoms in total. The summed E-state index contributed by atoms with van der Waals surface area (Å²) < 4.78 is 6.67. The van der Waals surface area contributed by atoms with Crippen molar-refractivity contribution in [3.63, 3.8) is 0 Å². The van der Waals surface area contributed by atoms with E-state index in [0.717, 1.165) is 26.9 Å². The molecule has 1 aliphatic rings. The minimum atomic E-state index is -0.796. The summed E-state index contributed by atoms with van der Waals surface area (Å²) in [7, 11) is 0. The SMILES string of the molecule is Cc1cc(C)cc(Cc2ccc(/C=C3\C(=O)NC(=O)N(c4ccc(OCc5ccccc5)cc4)C3=O)cc2Br)c1. The number of hydrogen-bond acceptors (Lipinski definition) is 4. The van der Waals surface area contributed by atoms with Crippen LogP contribution in [0.25, 0.3) is 6.08 Å². The third-order valence-corrected chi connectivity index (χ3v) is 7.25. The minimum absolute atomic E-state index is 0.127. The average molecular weight is 595 g/mol. The highest BCUT2D eigenvalue weighted by Gasteiger charge is 2.36. The van der Waals surface area contributed by atoms with Crippen LogP contribution < -0.4 is 15.0 Å². The number of halogens is 1. The summed E-state index contributed by atoms with van der Waals surface area (Å²) in [5, 5.41) is 2.28. The number of nitrogens with one attached hydrogen (secondary N) is 1. The fourth-order valence-corrected chi connectivity index (χ4v) is 5.22. The lowest BCUT2D eigenvalue weighted by molar-refractivity contribution is -0.122. The molecule has 1 aliphatic heterocycles. The molecule has 0 aromatic heterocycles. The fourth-order valence-electron chi connectivity index (χ4n) is 4.68. The number of hydrogen-bond donors (Lipinski definition) is 1. The van der Waals surface area contributed by atoms with Gasteiger partial charge in [0.05, 0.1) is 5.69 Å². The molecule has 4 amide bonds. The topological polar surface area (TPSA) is 75.7 Å². The lowest BCUT2D eigenvalue weighted by Gasteiger charge is -2.26. The van der Waals surface area contributed by atoms with Crippen LogP contribution in [-0.2, 0) is 22.6 Å². The van der Waals surface area contributed by atoms with E-state index in [1.807, 2.05) is 48.5 Å². The molecule has 0 radical (unpaired) electrons.